The highest BCUT2D eigenvalue weighted by molar-refractivity contribution is 4.98. The standard InChI is InChI=1S/C18H34.C3H8/c1-6-7-13(2)16-10-11-17-14(3)8-9-15(4)18(17,5)12-16;1-3-2/h13-17H,6-12H2,1-5H3;3H2,1-2H3. The van der Waals surface area contributed by atoms with E-state index in [1.54, 1.807) is 0 Å². The molecule has 2 fully saturated rings. The van der Waals surface area contributed by atoms with Gasteiger partial charge in [-0.3, -0.25) is 0 Å². The zero-order chi connectivity index (χ0) is 16.0. The third-order valence-corrected chi connectivity index (χ3v) is 6.81. The Morgan fingerprint density at radius 2 is 1.62 bits per heavy atom. The second-order valence-corrected chi connectivity index (χ2v) is 8.58. The molecule has 2 rings (SSSR count). The van der Waals surface area contributed by atoms with Crippen LogP contribution in [0.15, 0.2) is 0 Å². The van der Waals surface area contributed by atoms with E-state index < -0.39 is 0 Å². The Hall–Kier alpha value is 0. The van der Waals surface area contributed by atoms with Gasteiger partial charge in [0.1, 0.15) is 0 Å². The van der Waals surface area contributed by atoms with E-state index in [9.17, 15) is 0 Å². The average molecular weight is 295 g/mol. The lowest BCUT2D eigenvalue weighted by atomic mass is 9.50. The van der Waals surface area contributed by atoms with Gasteiger partial charge >= 0.3 is 0 Å². The third kappa shape index (κ3) is 4.49. The molecule has 21 heavy (non-hydrogen) atoms. The summed E-state index contributed by atoms with van der Waals surface area (Å²) < 4.78 is 0. The fourth-order valence-electron chi connectivity index (χ4n) is 5.26. The van der Waals surface area contributed by atoms with E-state index in [0.29, 0.717) is 5.41 Å². The molecule has 0 spiro atoms. The number of hydrogen-bond acceptors (Lipinski definition) is 0. The van der Waals surface area contributed by atoms with E-state index in [-0.39, 0.29) is 0 Å². The van der Waals surface area contributed by atoms with Crippen LogP contribution in [0.25, 0.3) is 0 Å². The van der Waals surface area contributed by atoms with Crippen molar-refractivity contribution in [3.63, 3.8) is 0 Å². The van der Waals surface area contributed by atoms with Gasteiger partial charge in [-0.25, -0.2) is 0 Å². The predicted molar refractivity (Wildman–Crippen MR) is 96.5 cm³/mol. The molecule has 0 amide bonds. The van der Waals surface area contributed by atoms with Crippen LogP contribution in [0.1, 0.15) is 99.8 Å². The van der Waals surface area contributed by atoms with Crippen LogP contribution in [0.4, 0.5) is 0 Å². The fourth-order valence-corrected chi connectivity index (χ4v) is 5.26. The minimum Gasteiger partial charge on any atom is -0.0656 e. The maximum absolute atomic E-state index is 2.63. The van der Waals surface area contributed by atoms with E-state index >= 15 is 0 Å². The molecule has 0 aromatic heterocycles. The second-order valence-electron chi connectivity index (χ2n) is 8.58. The molecule has 6 unspecified atom stereocenters. The molecule has 2 aliphatic carbocycles. The number of rotatable bonds is 3. The topological polar surface area (TPSA) is 0 Å². The van der Waals surface area contributed by atoms with Gasteiger partial charge in [0, 0.05) is 0 Å². The Morgan fingerprint density at radius 3 is 2.19 bits per heavy atom. The minimum absolute atomic E-state index is 0.655. The average Bonchev–Trinajstić information content (AvgIpc) is 2.44. The molecule has 0 N–H and O–H groups in total. The molecule has 0 nitrogen and oxygen atoms in total. The number of hydrogen-bond donors (Lipinski definition) is 0. The molecule has 0 heterocycles. The van der Waals surface area contributed by atoms with Crippen molar-refractivity contribution >= 4 is 0 Å². The predicted octanol–water partition coefficient (Wildman–Crippen LogP) is 7.33. The van der Waals surface area contributed by atoms with Gasteiger partial charge in [-0.2, -0.15) is 0 Å². The van der Waals surface area contributed by atoms with Gasteiger partial charge in [-0.05, 0) is 60.7 Å². The molecular weight excluding hydrogens is 252 g/mol. The van der Waals surface area contributed by atoms with Crippen LogP contribution >= 0.6 is 0 Å². The lowest BCUT2D eigenvalue weighted by Crippen LogP contribution is -2.46. The monoisotopic (exact) mass is 294 g/mol. The summed E-state index contributed by atoms with van der Waals surface area (Å²) in [5.41, 5.74) is 0.655. The molecule has 0 aliphatic heterocycles. The van der Waals surface area contributed by atoms with E-state index in [1.807, 2.05) is 0 Å². The lowest BCUT2D eigenvalue weighted by Gasteiger charge is -2.55. The van der Waals surface area contributed by atoms with Gasteiger partial charge in [-0.15, -0.1) is 0 Å². The van der Waals surface area contributed by atoms with E-state index in [2.05, 4.69) is 48.5 Å². The van der Waals surface area contributed by atoms with Crippen LogP contribution in [0.5, 0.6) is 0 Å². The van der Waals surface area contributed by atoms with Crippen molar-refractivity contribution in [2.75, 3.05) is 0 Å². The zero-order valence-corrected chi connectivity index (χ0v) is 16.0. The molecule has 0 radical (unpaired) electrons. The molecular formula is C21H42. The highest BCUT2D eigenvalue weighted by atomic mass is 14.5. The molecule has 126 valence electrons. The second kappa shape index (κ2) is 8.59. The van der Waals surface area contributed by atoms with Gasteiger partial charge in [0.15, 0.2) is 0 Å². The molecule has 2 aliphatic rings. The Labute approximate surface area is 135 Å². The summed E-state index contributed by atoms with van der Waals surface area (Å²) in [4.78, 5) is 0. The number of fused-ring (bicyclic) bond motifs is 1. The zero-order valence-electron chi connectivity index (χ0n) is 16.0. The molecule has 6 atom stereocenters. The van der Waals surface area contributed by atoms with Crippen molar-refractivity contribution in [2.45, 2.75) is 99.8 Å². The molecule has 0 aromatic rings. The summed E-state index contributed by atoms with van der Waals surface area (Å²) in [6, 6.07) is 0. The van der Waals surface area contributed by atoms with Gasteiger partial charge in [0.05, 0.1) is 0 Å². The first kappa shape index (κ1) is 19.0. The highest BCUT2D eigenvalue weighted by Crippen LogP contribution is 2.57. The first-order valence-electron chi connectivity index (χ1n) is 9.90. The summed E-state index contributed by atoms with van der Waals surface area (Å²) in [5.74, 6) is 4.92. The summed E-state index contributed by atoms with van der Waals surface area (Å²) in [6.07, 6.45) is 11.6. The lowest BCUT2D eigenvalue weighted by molar-refractivity contribution is -0.0543. The Bertz CT molecular complexity index is 282. The molecule has 0 aromatic carbocycles. The molecule has 0 heteroatoms. The van der Waals surface area contributed by atoms with Gasteiger partial charge in [-0.1, -0.05) is 74.1 Å². The SMILES string of the molecule is CCC.CCCC(C)C1CCC2C(C)CCC(C)C2(C)C1. The van der Waals surface area contributed by atoms with Crippen molar-refractivity contribution in [1.29, 1.82) is 0 Å². The van der Waals surface area contributed by atoms with Crippen molar-refractivity contribution in [3.05, 3.63) is 0 Å². The van der Waals surface area contributed by atoms with Crippen LogP contribution in [0.3, 0.4) is 0 Å². The smallest absolute Gasteiger partial charge is 0.0267 e. The molecule has 0 saturated heterocycles. The van der Waals surface area contributed by atoms with E-state index in [0.717, 1.165) is 29.6 Å². The van der Waals surface area contributed by atoms with Crippen molar-refractivity contribution in [2.24, 2.45) is 35.0 Å². The van der Waals surface area contributed by atoms with Crippen LogP contribution < -0.4 is 0 Å². The van der Waals surface area contributed by atoms with Crippen LogP contribution in [-0.2, 0) is 0 Å². The molecule has 0 bridgehead atoms. The normalized spacial score (nSPS) is 40.7. The van der Waals surface area contributed by atoms with Crippen LogP contribution in [-0.4, -0.2) is 0 Å². The summed E-state index contributed by atoms with van der Waals surface area (Å²) in [7, 11) is 0. The van der Waals surface area contributed by atoms with Gasteiger partial charge < -0.3 is 0 Å². The quantitative estimate of drug-likeness (QED) is 0.511. The Morgan fingerprint density at radius 1 is 1.00 bits per heavy atom. The first-order valence-corrected chi connectivity index (χ1v) is 9.90. The summed E-state index contributed by atoms with van der Waals surface area (Å²) >= 11 is 0. The van der Waals surface area contributed by atoms with Crippen LogP contribution in [0.2, 0.25) is 0 Å². The Kier molecular flexibility index (Phi) is 7.79. The maximum Gasteiger partial charge on any atom is -0.0267 e. The maximum atomic E-state index is 2.63. The summed E-state index contributed by atoms with van der Waals surface area (Å²) in [6.45, 7) is 16.8. The third-order valence-electron chi connectivity index (χ3n) is 6.81. The van der Waals surface area contributed by atoms with Crippen LogP contribution in [0, 0.1) is 35.0 Å². The largest absolute Gasteiger partial charge is 0.0656 e. The Balaban J connectivity index is 0.000000677. The van der Waals surface area contributed by atoms with E-state index in [1.165, 1.54) is 51.4 Å². The first-order chi connectivity index (χ1) is 9.90. The van der Waals surface area contributed by atoms with Gasteiger partial charge in [0.2, 0.25) is 0 Å². The van der Waals surface area contributed by atoms with Crippen molar-refractivity contribution in [3.8, 4) is 0 Å². The summed E-state index contributed by atoms with van der Waals surface area (Å²) in [5, 5.41) is 0. The fraction of sp³-hybridized carbons (Fsp3) is 1.00. The minimum atomic E-state index is 0.655. The van der Waals surface area contributed by atoms with Crippen molar-refractivity contribution < 1.29 is 0 Å². The van der Waals surface area contributed by atoms with Gasteiger partial charge in [0.25, 0.3) is 0 Å². The van der Waals surface area contributed by atoms with E-state index in [4.69, 9.17) is 0 Å². The highest BCUT2D eigenvalue weighted by Gasteiger charge is 2.48. The van der Waals surface area contributed by atoms with Crippen molar-refractivity contribution in [1.82, 2.24) is 0 Å². The molecule has 2 saturated carbocycles.